The molecule has 0 aliphatic carbocycles. The van der Waals surface area contributed by atoms with Gasteiger partial charge in [0, 0.05) is 32.2 Å². The molecule has 0 radical (unpaired) electrons. The van der Waals surface area contributed by atoms with E-state index in [9.17, 15) is 4.39 Å². The van der Waals surface area contributed by atoms with Crippen molar-refractivity contribution in [1.82, 2.24) is 14.9 Å². The molecule has 17 heavy (non-hydrogen) atoms. The topological polar surface area (TPSA) is 35.2 Å². The summed E-state index contributed by atoms with van der Waals surface area (Å²) in [4.78, 5) is 11.4. The highest BCUT2D eigenvalue weighted by atomic mass is 19.1. The van der Waals surface area contributed by atoms with Crippen molar-refractivity contribution in [3.05, 3.63) is 24.3 Å². The van der Waals surface area contributed by atoms with E-state index in [-0.39, 0.29) is 5.82 Å². The van der Waals surface area contributed by atoms with E-state index in [1.54, 1.807) is 6.33 Å². The normalized spacial score (nSPS) is 17.9. The lowest BCUT2D eigenvalue weighted by Crippen LogP contribution is -2.44. The number of nitrogens with one attached hydrogen (secondary N) is 1. The molecule has 1 aliphatic rings. The minimum Gasteiger partial charge on any atom is -0.367 e. The van der Waals surface area contributed by atoms with Crippen molar-refractivity contribution in [3.8, 4) is 0 Å². The molecule has 1 aliphatic heterocycles. The Kier molecular flexibility index (Phi) is 2.48. The van der Waals surface area contributed by atoms with Gasteiger partial charge in [0.05, 0.1) is 23.0 Å². The van der Waals surface area contributed by atoms with Crippen molar-refractivity contribution in [3.63, 3.8) is 0 Å². The lowest BCUT2D eigenvalue weighted by Gasteiger charge is -2.34. The van der Waals surface area contributed by atoms with Crippen LogP contribution in [0, 0.1) is 5.82 Å². The molecule has 3 rings (SSSR count). The van der Waals surface area contributed by atoms with Gasteiger partial charge in [-0.15, -0.1) is 0 Å². The van der Waals surface area contributed by atoms with Crippen LogP contribution >= 0.6 is 0 Å². The van der Waals surface area contributed by atoms with Crippen LogP contribution in [0.3, 0.4) is 0 Å². The van der Waals surface area contributed by atoms with E-state index >= 15 is 0 Å². The third kappa shape index (κ3) is 1.86. The van der Waals surface area contributed by atoms with Gasteiger partial charge in [0.2, 0.25) is 0 Å². The van der Waals surface area contributed by atoms with E-state index in [0.717, 1.165) is 37.2 Å². The van der Waals surface area contributed by atoms with Crippen LogP contribution in [-0.4, -0.2) is 48.1 Å². The van der Waals surface area contributed by atoms with Crippen LogP contribution in [0.25, 0.3) is 11.0 Å². The highest BCUT2D eigenvalue weighted by Crippen LogP contribution is 2.24. The van der Waals surface area contributed by atoms with Crippen LogP contribution in [0.5, 0.6) is 0 Å². The third-order valence-electron chi connectivity index (χ3n) is 3.33. The Morgan fingerprint density at radius 2 is 2.00 bits per heavy atom. The number of benzene rings is 1. The number of aromatic amines is 1. The largest absolute Gasteiger partial charge is 0.367 e. The number of nitrogens with zero attached hydrogens (tertiary/aromatic N) is 3. The van der Waals surface area contributed by atoms with E-state index in [0.29, 0.717) is 5.69 Å². The van der Waals surface area contributed by atoms with Crippen LogP contribution in [0.1, 0.15) is 0 Å². The molecule has 5 heteroatoms. The van der Waals surface area contributed by atoms with Crippen LogP contribution in [0.2, 0.25) is 0 Å². The SMILES string of the molecule is CN1CCN(c2cc3nc[nH]c3cc2F)CC1. The molecule has 1 aromatic carbocycles. The smallest absolute Gasteiger partial charge is 0.148 e. The summed E-state index contributed by atoms with van der Waals surface area (Å²) >= 11 is 0. The van der Waals surface area contributed by atoms with Crippen molar-refractivity contribution in [1.29, 1.82) is 0 Å². The second-order valence-corrected chi connectivity index (χ2v) is 4.51. The van der Waals surface area contributed by atoms with E-state index in [4.69, 9.17) is 0 Å². The zero-order valence-corrected chi connectivity index (χ0v) is 9.78. The van der Waals surface area contributed by atoms with E-state index in [1.165, 1.54) is 6.07 Å². The number of fused-ring (bicyclic) bond motifs is 1. The summed E-state index contributed by atoms with van der Waals surface area (Å²) in [7, 11) is 2.09. The first-order valence-corrected chi connectivity index (χ1v) is 5.80. The first kappa shape index (κ1) is 10.5. The van der Waals surface area contributed by atoms with Gasteiger partial charge in [-0.25, -0.2) is 9.37 Å². The quantitative estimate of drug-likeness (QED) is 0.811. The summed E-state index contributed by atoms with van der Waals surface area (Å²) in [6.07, 6.45) is 1.60. The van der Waals surface area contributed by atoms with Gasteiger partial charge in [0.15, 0.2) is 0 Å². The van der Waals surface area contributed by atoms with Gasteiger partial charge in [0.1, 0.15) is 5.82 Å². The number of hydrogen-bond acceptors (Lipinski definition) is 3. The van der Waals surface area contributed by atoms with Crippen molar-refractivity contribution >= 4 is 16.7 Å². The lowest BCUT2D eigenvalue weighted by atomic mass is 10.2. The molecule has 2 heterocycles. The Balaban J connectivity index is 1.96. The fourth-order valence-electron chi connectivity index (χ4n) is 2.23. The molecule has 1 fully saturated rings. The summed E-state index contributed by atoms with van der Waals surface area (Å²) in [6.45, 7) is 3.67. The summed E-state index contributed by atoms with van der Waals surface area (Å²) in [5, 5.41) is 0. The summed E-state index contributed by atoms with van der Waals surface area (Å²) in [5.74, 6) is -0.175. The predicted octanol–water partition coefficient (Wildman–Crippen LogP) is 1.45. The monoisotopic (exact) mass is 234 g/mol. The molecule has 4 nitrogen and oxygen atoms in total. The van der Waals surface area contributed by atoms with Crippen molar-refractivity contribution in [2.75, 3.05) is 38.1 Å². The van der Waals surface area contributed by atoms with Crippen LogP contribution < -0.4 is 4.90 Å². The second kappa shape index (κ2) is 4.00. The summed E-state index contributed by atoms with van der Waals surface area (Å²) in [5.41, 5.74) is 2.23. The highest BCUT2D eigenvalue weighted by Gasteiger charge is 2.18. The van der Waals surface area contributed by atoms with Gasteiger partial charge in [-0.2, -0.15) is 0 Å². The zero-order chi connectivity index (χ0) is 11.8. The van der Waals surface area contributed by atoms with E-state index in [1.807, 2.05) is 6.07 Å². The van der Waals surface area contributed by atoms with Crippen molar-refractivity contribution in [2.45, 2.75) is 0 Å². The minimum atomic E-state index is -0.175. The molecule has 2 aromatic rings. The van der Waals surface area contributed by atoms with E-state index < -0.39 is 0 Å². The number of H-pyrrole nitrogens is 1. The Morgan fingerprint density at radius 3 is 2.76 bits per heavy atom. The molecule has 0 atom stereocenters. The number of halogens is 1. The van der Waals surface area contributed by atoms with Gasteiger partial charge in [-0.05, 0) is 13.1 Å². The number of piperazine rings is 1. The molecular weight excluding hydrogens is 219 g/mol. The Hall–Kier alpha value is -1.62. The fourth-order valence-corrected chi connectivity index (χ4v) is 2.23. The number of aromatic nitrogens is 2. The van der Waals surface area contributed by atoms with Gasteiger partial charge >= 0.3 is 0 Å². The molecular formula is C12H15FN4. The van der Waals surface area contributed by atoms with Crippen LogP contribution in [0.15, 0.2) is 18.5 Å². The predicted molar refractivity (Wildman–Crippen MR) is 65.8 cm³/mol. The Morgan fingerprint density at radius 1 is 1.24 bits per heavy atom. The average molecular weight is 234 g/mol. The number of imidazole rings is 1. The summed E-state index contributed by atoms with van der Waals surface area (Å²) < 4.78 is 14.0. The van der Waals surface area contributed by atoms with Gasteiger partial charge in [0.25, 0.3) is 0 Å². The van der Waals surface area contributed by atoms with Crippen LogP contribution in [-0.2, 0) is 0 Å². The minimum absolute atomic E-state index is 0.175. The van der Waals surface area contributed by atoms with Gasteiger partial charge in [-0.3, -0.25) is 0 Å². The molecule has 0 bridgehead atoms. The van der Waals surface area contributed by atoms with Gasteiger partial charge in [-0.1, -0.05) is 0 Å². The van der Waals surface area contributed by atoms with Gasteiger partial charge < -0.3 is 14.8 Å². The van der Waals surface area contributed by atoms with Crippen LogP contribution in [0.4, 0.5) is 10.1 Å². The third-order valence-corrected chi connectivity index (χ3v) is 3.33. The molecule has 0 spiro atoms. The molecule has 1 saturated heterocycles. The first-order valence-electron chi connectivity index (χ1n) is 5.80. The van der Waals surface area contributed by atoms with Crippen molar-refractivity contribution in [2.24, 2.45) is 0 Å². The molecule has 1 aromatic heterocycles. The Labute approximate surface area is 99.0 Å². The standard InChI is InChI=1S/C12H15FN4/c1-16-2-4-17(5-3-16)12-7-11-10(6-9(12)13)14-8-15-11/h6-8H,2-5H2,1H3,(H,14,15). The average Bonchev–Trinajstić information content (AvgIpc) is 2.76. The van der Waals surface area contributed by atoms with Crippen molar-refractivity contribution < 1.29 is 4.39 Å². The molecule has 1 N–H and O–H groups in total. The number of rotatable bonds is 1. The fraction of sp³-hybridized carbons (Fsp3) is 0.417. The number of anilines is 1. The zero-order valence-electron chi connectivity index (χ0n) is 9.78. The second-order valence-electron chi connectivity index (χ2n) is 4.51. The molecule has 0 amide bonds. The molecule has 0 saturated carbocycles. The van der Waals surface area contributed by atoms with E-state index in [2.05, 4.69) is 26.8 Å². The maximum atomic E-state index is 14.0. The molecule has 90 valence electrons. The lowest BCUT2D eigenvalue weighted by molar-refractivity contribution is 0.312. The summed E-state index contributed by atoms with van der Waals surface area (Å²) in [6, 6.07) is 3.35. The maximum absolute atomic E-state index is 14.0. The number of likely N-dealkylation sites (N-methyl/N-ethyl adjacent to an activating group) is 1. The maximum Gasteiger partial charge on any atom is 0.148 e. The first-order chi connectivity index (χ1) is 8.24. The number of hydrogen-bond donors (Lipinski definition) is 1. The Bertz CT molecular complexity index is 528. The highest BCUT2D eigenvalue weighted by molar-refractivity contribution is 5.79. The molecule has 0 unspecified atom stereocenters.